The first kappa shape index (κ1) is 11.0. The first-order chi connectivity index (χ1) is 8.22. The van der Waals surface area contributed by atoms with E-state index in [1.807, 2.05) is 12.3 Å². The van der Waals surface area contributed by atoms with Gasteiger partial charge in [-0.05, 0) is 24.8 Å². The molecule has 2 fully saturated rings. The van der Waals surface area contributed by atoms with Crippen LogP contribution in [0.5, 0.6) is 0 Å². The predicted octanol–water partition coefficient (Wildman–Crippen LogP) is 1.97. The lowest BCUT2D eigenvalue weighted by molar-refractivity contribution is 0.0299. The van der Waals surface area contributed by atoms with Crippen LogP contribution in [0.15, 0.2) is 12.3 Å². The van der Waals surface area contributed by atoms with Gasteiger partial charge in [-0.15, -0.1) is 0 Å². The van der Waals surface area contributed by atoms with Crippen LogP contribution in [0.2, 0.25) is 0 Å². The molecule has 0 amide bonds. The van der Waals surface area contributed by atoms with E-state index in [1.165, 1.54) is 12.8 Å². The molecule has 2 bridgehead atoms. The van der Waals surface area contributed by atoms with Gasteiger partial charge in [0.2, 0.25) is 5.95 Å². The molecular weight excluding hydrogens is 214 g/mol. The Balaban J connectivity index is 1.81. The summed E-state index contributed by atoms with van der Waals surface area (Å²) in [5.74, 6) is 1.32. The molecule has 2 saturated heterocycles. The predicted molar refractivity (Wildman–Crippen MR) is 66.2 cm³/mol. The molecule has 4 heteroatoms. The highest BCUT2D eigenvalue weighted by atomic mass is 16.5. The van der Waals surface area contributed by atoms with Gasteiger partial charge in [0, 0.05) is 25.0 Å². The van der Waals surface area contributed by atoms with E-state index >= 15 is 0 Å². The SMILES string of the molecule is CC(C)c1ccnc(N2C[C@H]3CC[C@@H](C2)O3)n1. The Bertz CT molecular complexity index is 395. The number of anilines is 1. The van der Waals surface area contributed by atoms with E-state index in [4.69, 9.17) is 4.74 Å². The van der Waals surface area contributed by atoms with Crippen molar-refractivity contribution in [3.05, 3.63) is 18.0 Å². The molecule has 0 aromatic carbocycles. The fourth-order valence-electron chi connectivity index (χ4n) is 2.61. The molecule has 0 spiro atoms. The zero-order valence-electron chi connectivity index (χ0n) is 10.5. The molecule has 2 aliphatic heterocycles. The molecule has 1 aromatic heterocycles. The van der Waals surface area contributed by atoms with Crippen LogP contribution in [-0.2, 0) is 4.74 Å². The van der Waals surface area contributed by atoms with Crippen LogP contribution in [0, 0.1) is 0 Å². The number of nitrogens with zero attached hydrogens (tertiary/aromatic N) is 3. The number of aromatic nitrogens is 2. The third-order valence-electron chi connectivity index (χ3n) is 3.58. The zero-order valence-corrected chi connectivity index (χ0v) is 10.5. The summed E-state index contributed by atoms with van der Waals surface area (Å²) < 4.78 is 5.83. The topological polar surface area (TPSA) is 38.2 Å². The van der Waals surface area contributed by atoms with Crippen molar-refractivity contribution in [2.45, 2.75) is 44.8 Å². The molecule has 1 aromatic rings. The average molecular weight is 233 g/mol. The van der Waals surface area contributed by atoms with Gasteiger partial charge in [0.15, 0.2) is 0 Å². The number of ether oxygens (including phenoxy) is 1. The minimum Gasteiger partial charge on any atom is -0.371 e. The molecule has 2 atom stereocenters. The molecule has 0 saturated carbocycles. The van der Waals surface area contributed by atoms with Crippen LogP contribution in [0.1, 0.15) is 38.3 Å². The Hall–Kier alpha value is -1.16. The maximum absolute atomic E-state index is 5.83. The van der Waals surface area contributed by atoms with Gasteiger partial charge in [0.1, 0.15) is 0 Å². The van der Waals surface area contributed by atoms with E-state index in [-0.39, 0.29) is 0 Å². The second-order valence-corrected chi connectivity index (χ2v) is 5.30. The van der Waals surface area contributed by atoms with Gasteiger partial charge in [-0.25, -0.2) is 9.97 Å². The molecule has 92 valence electrons. The molecule has 17 heavy (non-hydrogen) atoms. The van der Waals surface area contributed by atoms with E-state index in [9.17, 15) is 0 Å². The highest BCUT2D eigenvalue weighted by Gasteiger charge is 2.34. The second-order valence-electron chi connectivity index (χ2n) is 5.30. The van der Waals surface area contributed by atoms with E-state index in [0.29, 0.717) is 18.1 Å². The van der Waals surface area contributed by atoms with Crippen molar-refractivity contribution < 1.29 is 4.74 Å². The Morgan fingerprint density at radius 2 is 2.00 bits per heavy atom. The molecule has 3 rings (SSSR count). The van der Waals surface area contributed by atoms with Crippen molar-refractivity contribution in [2.24, 2.45) is 0 Å². The molecule has 0 radical (unpaired) electrons. The molecular formula is C13H19N3O. The summed E-state index contributed by atoms with van der Waals surface area (Å²) in [4.78, 5) is 11.3. The van der Waals surface area contributed by atoms with Crippen molar-refractivity contribution >= 4 is 5.95 Å². The third kappa shape index (κ3) is 2.14. The average Bonchev–Trinajstić information content (AvgIpc) is 2.68. The molecule has 0 unspecified atom stereocenters. The third-order valence-corrected chi connectivity index (χ3v) is 3.58. The van der Waals surface area contributed by atoms with Crippen molar-refractivity contribution in [2.75, 3.05) is 18.0 Å². The molecule has 0 aliphatic carbocycles. The quantitative estimate of drug-likeness (QED) is 0.782. The van der Waals surface area contributed by atoms with E-state index < -0.39 is 0 Å². The van der Waals surface area contributed by atoms with Crippen molar-refractivity contribution in [3.63, 3.8) is 0 Å². The fourth-order valence-corrected chi connectivity index (χ4v) is 2.61. The van der Waals surface area contributed by atoms with Crippen LogP contribution < -0.4 is 4.90 Å². The number of hydrogen-bond donors (Lipinski definition) is 0. The largest absolute Gasteiger partial charge is 0.371 e. The van der Waals surface area contributed by atoms with Gasteiger partial charge in [0.25, 0.3) is 0 Å². The minimum absolute atomic E-state index is 0.389. The number of hydrogen-bond acceptors (Lipinski definition) is 4. The van der Waals surface area contributed by atoms with Gasteiger partial charge in [0.05, 0.1) is 12.2 Å². The van der Waals surface area contributed by atoms with Crippen molar-refractivity contribution in [1.82, 2.24) is 9.97 Å². The standard InChI is InChI=1S/C13H19N3O/c1-9(2)12-5-6-14-13(15-12)16-7-10-3-4-11(8-16)17-10/h5-6,9-11H,3-4,7-8H2,1-2H3/t10-,11+. The number of morpholine rings is 1. The highest BCUT2D eigenvalue weighted by Crippen LogP contribution is 2.28. The monoisotopic (exact) mass is 233 g/mol. The lowest BCUT2D eigenvalue weighted by Gasteiger charge is -2.32. The lowest BCUT2D eigenvalue weighted by atomic mass is 10.1. The van der Waals surface area contributed by atoms with Crippen LogP contribution in [0.3, 0.4) is 0 Å². The first-order valence-corrected chi connectivity index (χ1v) is 6.45. The normalized spacial score (nSPS) is 27.8. The van der Waals surface area contributed by atoms with Crippen molar-refractivity contribution in [1.29, 1.82) is 0 Å². The molecule has 2 aliphatic rings. The molecule has 0 N–H and O–H groups in total. The Kier molecular flexibility index (Phi) is 2.74. The Morgan fingerprint density at radius 1 is 1.29 bits per heavy atom. The number of fused-ring (bicyclic) bond motifs is 2. The fraction of sp³-hybridized carbons (Fsp3) is 0.692. The summed E-state index contributed by atoms with van der Waals surface area (Å²) in [6.45, 7) is 6.21. The summed E-state index contributed by atoms with van der Waals surface area (Å²) in [6.07, 6.45) is 5.02. The lowest BCUT2D eigenvalue weighted by Crippen LogP contribution is -2.43. The van der Waals surface area contributed by atoms with Crippen molar-refractivity contribution in [3.8, 4) is 0 Å². The summed E-state index contributed by atoms with van der Waals surface area (Å²) >= 11 is 0. The zero-order chi connectivity index (χ0) is 11.8. The van der Waals surface area contributed by atoms with Crippen LogP contribution in [0.4, 0.5) is 5.95 Å². The molecule has 4 nitrogen and oxygen atoms in total. The molecule has 3 heterocycles. The van der Waals surface area contributed by atoms with E-state index in [2.05, 4.69) is 28.7 Å². The summed E-state index contributed by atoms with van der Waals surface area (Å²) in [5, 5.41) is 0. The first-order valence-electron chi connectivity index (χ1n) is 6.45. The second kappa shape index (κ2) is 4.26. The van der Waals surface area contributed by atoms with Gasteiger partial charge < -0.3 is 9.64 Å². The summed E-state index contributed by atoms with van der Waals surface area (Å²) in [7, 11) is 0. The van der Waals surface area contributed by atoms with Crippen LogP contribution in [0.25, 0.3) is 0 Å². The van der Waals surface area contributed by atoms with Gasteiger partial charge in [-0.2, -0.15) is 0 Å². The van der Waals surface area contributed by atoms with E-state index in [0.717, 1.165) is 24.7 Å². The highest BCUT2D eigenvalue weighted by molar-refractivity contribution is 5.32. The van der Waals surface area contributed by atoms with Gasteiger partial charge in [-0.3, -0.25) is 0 Å². The minimum atomic E-state index is 0.389. The van der Waals surface area contributed by atoms with Gasteiger partial charge in [-0.1, -0.05) is 13.8 Å². The Labute approximate surface area is 102 Å². The van der Waals surface area contributed by atoms with Crippen LogP contribution in [-0.4, -0.2) is 35.3 Å². The Morgan fingerprint density at radius 3 is 2.65 bits per heavy atom. The summed E-state index contributed by atoms with van der Waals surface area (Å²) in [6, 6.07) is 2.00. The van der Waals surface area contributed by atoms with Crippen LogP contribution >= 0.6 is 0 Å². The maximum atomic E-state index is 5.83. The summed E-state index contributed by atoms with van der Waals surface area (Å²) in [5.41, 5.74) is 1.12. The maximum Gasteiger partial charge on any atom is 0.225 e. The van der Waals surface area contributed by atoms with E-state index in [1.54, 1.807) is 0 Å². The smallest absolute Gasteiger partial charge is 0.225 e. The van der Waals surface area contributed by atoms with Gasteiger partial charge >= 0.3 is 0 Å². The number of rotatable bonds is 2.